The van der Waals surface area contributed by atoms with Gasteiger partial charge in [0.25, 0.3) is 0 Å². The summed E-state index contributed by atoms with van der Waals surface area (Å²) in [6.45, 7) is 2.47. The van der Waals surface area contributed by atoms with Crippen molar-refractivity contribution in [2.24, 2.45) is 5.73 Å². The highest BCUT2D eigenvalue weighted by atomic mass is 15.3. The van der Waals surface area contributed by atoms with Gasteiger partial charge in [-0.15, -0.1) is 0 Å². The Kier molecular flexibility index (Phi) is 4.16. The minimum Gasteiger partial charge on any atom is -0.385 e. The molecule has 0 aliphatic carbocycles. The molecule has 2 rings (SSSR count). The largest absolute Gasteiger partial charge is 0.385 e. The van der Waals surface area contributed by atoms with Gasteiger partial charge in [0.15, 0.2) is 0 Å². The molecule has 0 atom stereocenters. The molecule has 2 aromatic rings. The zero-order valence-corrected chi connectivity index (χ0v) is 9.84. The number of hydrogen-bond donors (Lipinski definition) is 2. The van der Waals surface area contributed by atoms with Crippen molar-refractivity contribution < 1.29 is 0 Å². The van der Waals surface area contributed by atoms with Crippen molar-refractivity contribution >= 4 is 5.69 Å². The van der Waals surface area contributed by atoms with Gasteiger partial charge in [-0.2, -0.15) is 5.10 Å². The van der Waals surface area contributed by atoms with Crippen LogP contribution in [0, 0.1) is 0 Å². The predicted molar refractivity (Wildman–Crippen MR) is 69.9 cm³/mol. The molecule has 0 amide bonds. The van der Waals surface area contributed by atoms with Crippen LogP contribution < -0.4 is 11.1 Å². The standard InChI is InChI=1S/C13H18N4/c14-7-1-8-15-13-5-3-12(4-6-13)11-17-10-2-9-16-17/h2-6,9-10,15H,1,7-8,11,14H2. The Morgan fingerprint density at radius 1 is 1.24 bits per heavy atom. The van der Waals surface area contributed by atoms with Crippen LogP contribution in [-0.4, -0.2) is 22.9 Å². The fraction of sp³-hybridized carbons (Fsp3) is 0.308. The summed E-state index contributed by atoms with van der Waals surface area (Å²) in [5.41, 5.74) is 7.83. The number of nitrogens with two attached hydrogens (primary N) is 1. The van der Waals surface area contributed by atoms with E-state index in [1.54, 1.807) is 6.20 Å². The molecule has 0 bridgehead atoms. The fourth-order valence-electron chi connectivity index (χ4n) is 1.64. The number of hydrogen-bond acceptors (Lipinski definition) is 3. The van der Waals surface area contributed by atoms with Crippen LogP contribution in [0.15, 0.2) is 42.7 Å². The molecular formula is C13H18N4. The van der Waals surface area contributed by atoms with E-state index in [-0.39, 0.29) is 0 Å². The number of aromatic nitrogens is 2. The van der Waals surface area contributed by atoms with Crippen LogP contribution in [0.4, 0.5) is 5.69 Å². The summed E-state index contributed by atoms with van der Waals surface area (Å²) in [6, 6.07) is 10.4. The fourth-order valence-corrected chi connectivity index (χ4v) is 1.64. The van der Waals surface area contributed by atoms with Crippen molar-refractivity contribution in [3.63, 3.8) is 0 Å². The molecule has 4 heteroatoms. The smallest absolute Gasteiger partial charge is 0.0659 e. The van der Waals surface area contributed by atoms with Crippen LogP contribution in [0.25, 0.3) is 0 Å². The molecular weight excluding hydrogens is 212 g/mol. The average Bonchev–Trinajstić information content (AvgIpc) is 2.85. The molecule has 0 spiro atoms. The first-order chi connectivity index (χ1) is 8.38. The van der Waals surface area contributed by atoms with Gasteiger partial charge >= 0.3 is 0 Å². The van der Waals surface area contributed by atoms with Crippen LogP contribution >= 0.6 is 0 Å². The number of benzene rings is 1. The zero-order chi connectivity index (χ0) is 11.9. The summed E-state index contributed by atoms with van der Waals surface area (Å²) >= 11 is 0. The van der Waals surface area contributed by atoms with Crippen molar-refractivity contribution in [3.8, 4) is 0 Å². The average molecular weight is 230 g/mol. The van der Waals surface area contributed by atoms with Gasteiger partial charge in [0.05, 0.1) is 6.54 Å². The van der Waals surface area contributed by atoms with E-state index in [9.17, 15) is 0 Å². The summed E-state index contributed by atoms with van der Waals surface area (Å²) in [7, 11) is 0. The molecule has 1 aromatic carbocycles. The maximum atomic E-state index is 5.44. The SMILES string of the molecule is NCCCNc1ccc(Cn2cccn2)cc1. The van der Waals surface area contributed by atoms with Gasteiger partial charge in [0.1, 0.15) is 0 Å². The maximum Gasteiger partial charge on any atom is 0.0659 e. The van der Waals surface area contributed by atoms with E-state index >= 15 is 0 Å². The first-order valence-corrected chi connectivity index (χ1v) is 5.89. The number of anilines is 1. The van der Waals surface area contributed by atoms with E-state index in [2.05, 4.69) is 34.7 Å². The van der Waals surface area contributed by atoms with E-state index < -0.39 is 0 Å². The highest BCUT2D eigenvalue weighted by Gasteiger charge is 1.96. The molecule has 0 fully saturated rings. The summed E-state index contributed by atoms with van der Waals surface area (Å²) < 4.78 is 1.91. The quantitative estimate of drug-likeness (QED) is 0.742. The van der Waals surface area contributed by atoms with E-state index in [0.717, 1.165) is 31.7 Å². The van der Waals surface area contributed by atoms with Crippen LogP contribution in [0.5, 0.6) is 0 Å². The minimum atomic E-state index is 0.727. The molecule has 0 saturated carbocycles. The van der Waals surface area contributed by atoms with Gasteiger partial charge in [-0.25, -0.2) is 0 Å². The van der Waals surface area contributed by atoms with Gasteiger partial charge in [0, 0.05) is 24.6 Å². The lowest BCUT2D eigenvalue weighted by Gasteiger charge is -2.07. The normalized spacial score (nSPS) is 10.4. The third-order valence-electron chi connectivity index (χ3n) is 2.57. The molecule has 0 unspecified atom stereocenters. The first-order valence-electron chi connectivity index (χ1n) is 5.89. The third-order valence-corrected chi connectivity index (χ3v) is 2.57. The summed E-state index contributed by atoms with van der Waals surface area (Å²) in [4.78, 5) is 0. The Balaban J connectivity index is 1.89. The summed E-state index contributed by atoms with van der Waals surface area (Å²) in [6.07, 6.45) is 4.76. The number of nitrogens with zero attached hydrogens (tertiary/aromatic N) is 2. The molecule has 4 nitrogen and oxygen atoms in total. The van der Waals surface area contributed by atoms with Crippen molar-refractivity contribution in [1.29, 1.82) is 0 Å². The monoisotopic (exact) mass is 230 g/mol. The zero-order valence-electron chi connectivity index (χ0n) is 9.84. The lowest BCUT2D eigenvalue weighted by atomic mass is 10.2. The minimum absolute atomic E-state index is 0.727. The van der Waals surface area contributed by atoms with Crippen LogP contribution in [0.1, 0.15) is 12.0 Å². The third kappa shape index (κ3) is 3.60. The summed E-state index contributed by atoms with van der Waals surface area (Å²) in [5, 5.41) is 7.51. The molecule has 0 aliphatic rings. The second kappa shape index (κ2) is 6.06. The van der Waals surface area contributed by atoms with Gasteiger partial charge in [-0.05, 0) is 36.7 Å². The van der Waals surface area contributed by atoms with Crippen LogP contribution in [0.3, 0.4) is 0 Å². The Morgan fingerprint density at radius 3 is 2.71 bits per heavy atom. The Morgan fingerprint density at radius 2 is 2.06 bits per heavy atom. The Bertz CT molecular complexity index is 419. The predicted octanol–water partition coefficient (Wildman–Crippen LogP) is 1.69. The van der Waals surface area contributed by atoms with Crippen molar-refractivity contribution in [2.75, 3.05) is 18.4 Å². The van der Waals surface area contributed by atoms with Crippen molar-refractivity contribution in [3.05, 3.63) is 48.3 Å². The van der Waals surface area contributed by atoms with Gasteiger partial charge in [0.2, 0.25) is 0 Å². The molecule has 3 N–H and O–H groups in total. The van der Waals surface area contributed by atoms with Crippen molar-refractivity contribution in [2.45, 2.75) is 13.0 Å². The van der Waals surface area contributed by atoms with Gasteiger partial charge in [-0.3, -0.25) is 4.68 Å². The van der Waals surface area contributed by atoms with E-state index in [1.165, 1.54) is 5.56 Å². The highest BCUT2D eigenvalue weighted by molar-refractivity contribution is 5.44. The lowest BCUT2D eigenvalue weighted by molar-refractivity contribution is 0.687. The lowest BCUT2D eigenvalue weighted by Crippen LogP contribution is -2.08. The Hall–Kier alpha value is -1.81. The van der Waals surface area contributed by atoms with Gasteiger partial charge in [-0.1, -0.05) is 12.1 Å². The molecule has 0 aliphatic heterocycles. The maximum absolute atomic E-state index is 5.44. The van der Waals surface area contributed by atoms with E-state index in [4.69, 9.17) is 5.73 Å². The van der Waals surface area contributed by atoms with E-state index in [1.807, 2.05) is 16.9 Å². The van der Waals surface area contributed by atoms with E-state index in [0.29, 0.717) is 0 Å². The van der Waals surface area contributed by atoms with Crippen LogP contribution in [0.2, 0.25) is 0 Å². The van der Waals surface area contributed by atoms with Crippen LogP contribution in [-0.2, 0) is 6.54 Å². The molecule has 0 saturated heterocycles. The summed E-state index contributed by atoms with van der Waals surface area (Å²) in [5.74, 6) is 0. The topological polar surface area (TPSA) is 55.9 Å². The first kappa shape index (κ1) is 11.7. The molecule has 1 aromatic heterocycles. The number of nitrogens with one attached hydrogen (secondary N) is 1. The highest BCUT2D eigenvalue weighted by Crippen LogP contribution is 2.10. The number of rotatable bonds is 6. The second-order valence-corrected chi connectivity index (χ2v) is 3.97. The molecule has 17 heavy (non-hydrogen) atoms. The second-order valence-electron chi connectivity index (χ2n) is 3.97. The van der Waals surface area contributed by atoms with Gasteiger partial charge < -0.3 is 11.1 Å². The van der Waals surface area contributed by atoms with Crippen molar-refractivity contribution in [1.82, 2.24) is 9.78 Å². The Labute approximate surface area is 101 Å². The molecule has 1 heterocycles. The molecule has 90 valence electrons. The molecule has 0 radical (unpaired) electrons.